The van der Waals surface area contributed by atoms with Crippen molar-refractivity contribution in [2.24, 2.45) is 4.99 Å². The van der Waals surface area contributed by atoms with Crippen LogP contribution in [0.3, 0.4) is 0 Å². The fourth-order valence-electron chi connectivity index (χ4n) is 1.76. The van der Waals surface area contributed by atoms with E-state index in [-0.39, 0.29) is 30.5 Å². The third kappa shape index (κ3) is 11.6. The molecule has 23 heavy (non-hydrogen) atoms. The summed E-state index contributed by atoms with van der Waals surface area (Å²) in [5.41, 5.74) is 1.04. The number of hydrogen-bond donors (Lipinski definition) is 2. The quantitative estimate of drug-likeness (QED) is 0.266. The van der Waals surface area contributed by atoms with Crippen molar-refractivity contribution >= 4 is 41.3 Å². The number of aromatic nitrogens is 1. The molecule has 1 heterocycles. The van der Waals surface area contributed by atoms with E-state index < -0.39 is 12.6 Å². The number of nitrogens with one attached hydrogen (secondary N) is 2. The van der Waals surface area contributed by atoms with Crippen molar-refractivity contribution in [3.05, 3.63) is 16.1 Å². The van der Waals surface area contributed by atoms with Crippen LogP contribution < -0.4 is 10.6 Å². The van der Waals surface area contributed by atoms with Gasteiger partial charge in [0.2, 0.25) is 0 Å². The van der Waals surface area contributed by atoms with Crippen LogP contribution in [0.2, 0.25) is 0 Å². The molecule has 0 aliphatic rings. The summed E-state index contributed by atoms with van der Waals surface area (Å²) in [6.07, 6.45) is -2.23. The van der Waals surface area contributed by atoms with E-state index in [1.54, 1.807) is 11.3 Å². The Morgan fingerprint density at radius 3 is 2.61 bits per heavy atom. The second-order valence-electron chi connectivity index (χ2n) is 4.89. The number of rotatable bonds is 8. The molecule has 0 aliphatic carbocycles. The number of nitrogens with zero attached hydrogens (tertiary/aromatic N) is 2. The lowest BCUT2D eigenvalue weighted by Crippen LogP contribution is -2.39. The first-order valence-corrected chi connectivity index (χ1v) is 8.28. The molecule has 0 saturated heterocycles. The van der Waals surface area contributed by atoms with Gasteiger partial charge in [0.25, 0.3) is 0 Å². The standard InChI is InChI=1S/C14H23F3N4S.HI/c1-3-18-13(20-9-7-14(15,16)17)19-8-5-4-6-12-21-11(2)10-22-12;/h10H,3-9H2,1-2H3,(H2,18,19,20);1H. The van der Waals surface area contributed by atoms with E-state index in [0.29, 0.717) is 19.0 Å². The highest BCUT2D eigenvalue weighted by molar-refractivity contribution is 14.0. The normalized spacial score (nSPS) is 12.0. The number of aryl methyl sites for hydroxylation is 2. The Balaban J connectivity index is 0.00000484. The molecule has 0 spiro atoms. The van der Waals surface area contributed by atoms with E-state index in [2.05, 4.69) is 20.6 Å². The molecule has 1 aromatic rings. The summed E-state index contributed by atoms with van der Waals surface area (Å²) in [6, 6.07) is 0. The Labute approximate surface area is 156 Å². The first-order chi connectivity index (χ1) is 10.4. The average Bonchev–Trinajstić information content (AvgIpc) is 2.82. The smallest absolute Gasteiger partial charge is 0.357 e. The van der Waals surface area contributed by atoms with Gasteiger partial charge in [-0.1, -0.05) is 0 Å². The lowest BCUT2D eigenvalue weighted by Gasteiger charge is -2.12. The zero-order valence-corrected chi connectivity index (χ0v) is 16.5. The number of guanidine groups is 1. The molecule has 0 bridgehead atoms. The maximum absolute atomic E-state index is 12.1. The highest BCUT2D eigenvalue weighted by Gasteiger charge is 2.26. The van der Waals surface area contributed by atoms with Crippen molar-refractivity contribution in [3.8, 4) is 0 Å². The zero-order chi connectivity index (χ0) is 16.4. The molecule has 0 unspecified atom stereocenters. The fourth-order valence-corrected chi connectivity index (χ4v) is 2.58. The van der Waals surface area contributed by atoms with Crippen LogP contribution in [0.4, 0.5) is 13.2 Å². The molecule has 0 amide bonds. The first-order valence-electron chi connectivity index (χ1n) is 7.40. The van der Waals surface area contributed by atoms with Crippen LogP contribution in [-0.4, -0.2) is 36.8 Å². The van der Waals surface area contributed by atoms with E-state index in [4.69, 9.17) is 0 Å². The van der Waals surface area contributed by atoms with Gasteiger partial charge in [-0.15, -0.1) is 35.3 Å². The average molecular weight is 464 g/mol. The fraction of sp³-hybridized carbons (Fsp3) is 0.714. The van der Waals surface area contributed by atoms with Gasteiger partial charge in [-0.2, -0.15) is 13.2 Å². The van der Waals surface area contributed by atoms with Crippen LogP contribution in [0.25, 0.3) is 0 Å². The lowest BCUT2D eigenvalue weighted by atomic mass is 10.2. The minimum absolute atomic E-state index is 0. The van der Waals surface area contributed by atoms with Crippen molar-refractivity contribution < 1.29 is 13.2 Å². The summed E-state index contributed by atoms with van der Waals surface area (Å²) < 4.78 is 36.3. The Morgan fingerprint density at radius 2 is 2.04 bits per heavy atom. The third-order valence-corrected chi connectivity index (χ3v) is 3.81. The molecule has 0 aromatic carbocycles. The minimum Gasteiger partial charge on any atom is -0.357 e. The molecule has 0 aliphatic heterocycles. The van der Waals surface area contributed by atoms with E-state index >= 15 is 0 Å². The summed E-state index contributed by atoms with van der Waals surface area (Å²) in [6.45, 7) is 4.90. The number of halogens is 4. The van der Waals surface area contributed by atoms with E-state index in [1.165, 1.54) is 0 Å². The number of alkyl halides is 3. The molecule has 9 heteroatoms. The molecule has 0 fully saturated rings. The van der Waals surface area contributed by atoms with Crippen LogP contribution in [0.5, 0.6) is 0 Å². The Morgan fingerprint density at radius 1 is 1.30 bits per heavy atom. The molecule has 134 valence electrons. The Hall–Kier alpha value is -0.580. The van der Waals surface area contributed by atoms with Gasteiger partial charge in [-0.25, -0.2) is 4.98 Å². The van der Waals surface area contributed by atoms with Crippen LogP contribution in [0, 0.1) is 6.92 Å². The summed E-state index contributed by atoms with van der Waals surface area (Å²) in [7, 11) is 0. The molecule has 1 rings (SSSR count). The van der Waals surface area contributed by atoms with Crippen LogP contribution in [-0.2, 0) is 6.42 Å². The van der Waals surface area contributed by atoms with Crippen molar-refractivity contribution in [1.82, 2.24) is 15.6 Å². The van der Waals surface area contributed by atoms with Gasteiger partial charge in [-0.3, -0.25) is 4.99 Å². The molecule has 0 radical (unpaired) electrons. The minimum atomic E-state index is -4.14. The van der Waals surface area contributed by atoms with E-state index in [9.17, 15) is 13.2 Å². The van der Waals surface area contributed by atoms with E-state index in [0.717, 1.165) is 30.0 Å². The van der Waals surface area contributed by atoms with Crippen LogP contribution in [0.1, 0.15) is 36.9 Å². The predicted octanol–water partition coefficient (Wildman–Crippen LogP) is 3.90. The third-order valence-electron chi connectivity index (χ3n) is 2.78. The maximum Gasteiger partial charge on any atom is 0.390 e. The summed E-state index contributed by atoms with van der Waals surface area (Å²) in [4.78, 5) is 8.67. The molecule has 1 aromatic heterocycles. The van der Waals surface area contributed by atoms with Gasteiger partial charge in [0.05, 0.1) is 11.4 Å². The lowest BCUT2D eigenvalue weighted by molar-refractivity contribution is -0.132. The Kier molecular flexibility index (Phi) is 11.6. The summed E-state index contributed by atoms with van der Waals surface area (Å²) in [5, 5.41) is 8.79. The van der Waals surface area contributed by atoms with Gasteiger partial charge >= 0.3 is 6.18 Å². The van der Waals surface area contributed by atoms with Gasteiger partial charge in [0.1, 0.15) is 0 Å². The highest BCUT2D eigenvalue weighted by atomic mass is 127. The topological polar surface area (TPSA) is 49.3 Å². The van der Waals surface area contributed by atoms with Crippen molar-refractivity contribution in [3.63, 3.8) is 0 Å². The van der Waals surface area contributed by atoms with Gasteiger partial charge in [0.15, 0.2) is 5.96 Å². The Bertz CT molecular complexity index is 463. The zero-order valence-electron chi connectivity index (χ0n) is 13.4. The second kappa shape index (κ2) is 11.9. The largest absolute Gasteiger partial charge is 0.390 e. The molecule has 4 nitrogen and oxygen atoms in total. The summed E-state index contributed by atoms with van der Waals surface area (Å²) >= 11 is 1.66. The molecular weight excluding hydrogens is 440 g/mol. The second-order valence-corrected chi connectivity index (χ2v) is 5.83. The van der Waals surface area contributed by atoms with Crippen molar-refractivity contribution in [2.45, 2.75) is 45.7 Å². The van der Waals surface area contributed by atoms with Gasteiger partial charge in [-0.05, 0) is 33.1 Å². The number of hydrogen-bond acceptors (Lipinski definition) is 3. The monoisotopic (exact) mass is 464 g/mol. The van der Waals surface area contributed by atoms with Crippen LogP contribution in [0.15, 0.2) is 10.4 Å². The van der Waals surface area contributed by atoms with E-state index in [1.807, 2.05) is 19.2 Å². The van der Waals surface area contributed by atoms with Crippen molar-refractivity contribution in [1.29, 1.82) is 0 Å². The number of aliphatic imine (C=N–C) groups is 1. The molecular formula is C14H24F3IN4S. The SMILES string of the molecule is CCNC(=NCCCCc1nc(C)cs1)NCCC(F)(F)F.I. The van der Waals surface area contributed by atoms with Crippen LogP contribution >= 0.6 is 35.3 Å². The number of thiazole rings is 1. The summed E-state index contributed by atoms with van der Waals surface area (Å²) in [5.74, 6) is 0.442. The molecule has 2 N–H and O–H groups in total. The van der Waals surface area contributed by atoms with Gasteiger partial charge in [0, 0.05) is 30.7 Å². The maximum atomic E-state index is 12.1. The number of unbranched alkanes of at least 4 members (excludes halogenated alkanes) is 1. The highest BCUT2D eigenvalue weighted by Crippen LogP contribution is 2.18. The van der Waals surface area contributed by atoms with Crippen molar-refractivity contribution in [2.75, 3.05) is 19.6 Å². The molecule has 0 saturated carbocycles. The molecule has 0 atom stereocenters. The predicted molar refractivity (Wildman–Crippen MR) is 99.9 cm³/mol. The first kappa shape index (κ1) is 22.4. The van der Waals surface area contributed by atoms with Gasteiger partial charge < -0.3 is 10.6 Å².